The monoisotopic (exact) mass is 483 g/mol. The average Bonchev–Trinajstić information content (AvgIpc) is 3.37. The van der Waals surface area contributed by atoms with E-state index in [0.717, 1.165) is 16.0 Å². The van der Waals surface area contributed by atoms with E-state index >= 15 is 0 Å². The number of benzene rings is 2. The molecule has 0 saturated carbocycles. The zero-order valence-electron chi connectivity index (χ0n) is 18.9. The fraction of sp³-hybridized carbons (Fsp3) is 0.320. The first-order valence-corrected chi connectivity index (χ1v) is 11.8. The van der Waals surface area contributed by atoms with Crippen molar-refractivity contribution < 1.29 is 24.2 Å². The highest BCUT2D eigenvalue weighted by Gasteiger charge is 2.27. The van der Waals surface area contributed by atoms with E-state index in [1.165, 1.54) is 18.4 Å². The van der Waals surface area contributed by atoms with Crippen LogP contribution in [0.3, 0.4) is 0 Å². The summed E-state index contributed by atoms with van der Waals surface area (Å²) >= 11 is 1.39. The van der Waals surface area contributed by atoms with Crippen LogP contribution in [-0.4, -0.2) is 47.6 Å². The minimum absolute atomic E-state index is 0.102. The van der Waals surface area contributed by atoms with Gasteiger partial charge in [0, 0.05) is 12.2 Å². The standard InChI is InChI=1S/C25H29N3O5S/c1-32-24(30)27-20(12-18-8-4-2-5-9-18)14-23(29)22(13-19-10-6-3-7-11-19)28-25(31)33-16-21-15-26-17-34-21/h2-11,15,17,20,22-23,29H,12-14,16H2,1H3,(H,27,30)(H,28,31). The molecule has 8 nitrogen and oxygen atoms in total. The van der Waals surface area contributed by atoms with Crippen molar-refractivity contribution in [2.45, 2.75) is 44.1 Å². The first-order chi connectivity index (χ1) is 16.5. The van der Waals surface area contributed by atoms with Crippen LogP contribution >= 0.6 is 11.3 Å². The number of hydrogen-bond acceptors (Lipinski definition) is 7. The molecule has 0 bridgehead atoms. The third kappa shape index (κ3) is 8.49. The lowest BCUT2D eigenvalue weighted by atomic mass is 9.94. The van der Waals surface area contributed by atoms with Crippen LogP contribution in [0.4, 0.5) is 9.59 Å². The van der Waals surface area contributed by atoms with E-state index in [2.05, 4.69) is 15.6 Å². The minimum atomic E-state index is -0.956. The summed E-state index contributed by atoms with van der Waals surface area (Å²) in [6, 6.07) is 18.2. The van der Waals surface area contributed by atoms with E-state index in [-0.39, 0.29) is 13.0 Å². The van der Waals surface area contributed by atoms with Gasteiger partial charge >= 0.3 is 12.2 Å². The van der Waals surface area contributed by atoms with E-state index in [1.807, 2.05) is 60.7 Å². The van der Waals surface area contributed by atoms with Gasteiger partial charge in [-0.1, -0.05) is 60.7 Å². The number of carbonyl (C=O) groups is 2. The zero-order chi connectivity index (χ0) is 24.2. The van der Waals surface area contributed by atoms with Crippen LogP contribution in [-0.2, 0) is 28.9 Å². The van der Waals surface area contributed by atoms with Crippen LogP contribution in [0.2, 0.25) is 0 Å². The van der Waals surface area contributed by atoms with Gasteiger partial charge in [0.15, 0.2) is 0 Å². The third-order valence-corrected chi connectivity index (χ3v) is 6.01. The molecule has 2 amide bonds. The molecule has 180 valence electrons. The summed E-state index contributed by atoms with van der Waals surface area (Å²) in [5.74, 6) is 0. The van der Waals surface area contributed by atoms with Crippen molar-refractivity contribution >= 4 is 23.5 Å². The molecule has 0 radical (unpaired) electrons. The SMILES string of the molecule is COC(=O)NC(Cc1ccccc1)CC(O)C(Cc1ccccc1)NC(=O)OCc1cncs1. The Morgan fingerprint density at radius 2 is 1.62 bits per heavy atom. The summed E-state index contributed by atoms with van der Waals surface area (Å²) in [6.45, 7) is 0.102. The summed E-state index contributed by atoms with van der Waals surface area (Å²) in [6.07, 6.45) is 0.576. The second-order valence-corrected chi connectivity index (χ2v) is 8.78. The molecule has 3 atom stereocenters. The third-order valence-electron chi connectivity index (χ3n) is 5.25. The minimum Gasteiger partial charge on any atom is -0.453 e. The summed E-state index contributed by atoms with van der Waals surface area (Å²) < 4.78 is 10.1. The molecule has 0 aliphatic rings. The molecule has 0 aliphatic heterocycles. The Hall–Kier alpha value is -3.43. The van der Waals surface area contributed by atoms with Crippen LogP contribution in [0.15, 0.2) is 72.4 Å². The van der Waals surface area contributed by atoms with E-state index in [0.29, 0.717) is 12.8 Å². The Labute approximate surface area is 202 Å². The van der Waals surface area contributed by atoms with E-state index in [4.69, 9.17) is 9.47 Å². The number of rotatable bonds is 11. The average molecular weight is 484 g/mol. The number of alkyl carbamates (subject to hydrolysis) is 2. The van der Waals surface area contributed by atoms with Gasteiger partial charge in [0.25, 0.3) is 0 Å². The first-order valence-electron chi connectivity index (χ1n) is 10.9. The molecule has 1 heterocycles. The largest absolute Gasteiger partial charge is 0.453 e. The highest BCUT2D eigenvalue weighted by molar-refractivity contribution is 7.09. The molecule has 0 aliphatic carbocycles. The number of hydrogen-bond donors (Lipinski definition) is 3. The van der Waals surface area contributed by atoms with Gasteiger partial charge in [-0.05, 0) is 30.4 Å². The molecular weight excluding hydrogens is 454 g/mol. The van der Waals surface area contributed by atoms with Gasteiger partial charge in [-0.25, -0.2) is 9.59 Å². The van der Waals surface area contributed by atoms with Gasteiger partial charge in [-0.15, -0.1) is 11.3 Å². The number of methoxy groups -OCH3 is 1. The number of ether oxygens (including phenoxy) is 2. The molecule has 34 heavy (non-hydrogen) atoms. The molecule has 1 aromatic heterocycles. The molecule has 3 N–H and O–H groups in total. The second kappa shape index (κ2) is 13.3. The van der Waals surface area contributed by atoms with Crippen LogP contribution in [0.1, 0.15) is 22.4 Å². The number of nitrogens with one attached hydrogen (secondary N) is 2. The number of thiazole rings is 1. The normalized spacial score (nSPS) is 13.4. The number of carbonyl (C=O) groups excluding carboxylic acids is 2. The van der Waals surface area contributed by atoms with Gasteiger partial charge in [0.2, 0.25) is 0 Å². The van der Waals surface area contributed by atoms with Crippen LogP contribution < -0.4 is 10.6 Å². The van der Waals surface area contributed by atoms with Gasteiger partial charge in [-0.3, -0.25) is 4.98 Å². The fourth-order valence-corrected chi connectivity index (χ4v) is 4.07. The van der Waals surface area contributed by atoms with E-state index in [1.54, 1.807) is 11.7 Å². The zero-order valence-corrected chi connectivity index (χ0v) is 19.7. The van der Waals surface area contributed by atoms with Crippen LogP contribution in [0.25, 0.3) is 0 Å². The number of aliphatic hydroxyl groups excluding tert-OH is 1. The van der Waals surface area contributed by atoms with Crippen LogP contribution in [0, 0.1) is 0 Å². The van der Waals surface area contributed by atoms with Gasteiger partial charge in [0.1, 0.15) is 6.61 Å². The molecule has 0 saturated heterocycles. The van der Waals surface area contributed by atoms with Crippen molar-refractivity contribution in [3.8, 4) is 0 Å². The molecule has 2 aromatic carbocycles. The first kappa shape index (κ1) is 25.2. The van der Waals surface area contributed by atoms with Gasteiger partial charge < -0.3 is 25.2 Å². The Bertz CT molecular complexity index is 1000. The number of aliphatic hydroxyl groups is 1. The predicted octanol–water partition coefficient (Wildman–Crippen LogP) is 3.70. The molecular formula is C25H29N3O5S. The Balaban J connectivity index is 1.69. The molecule has 3 rings (SSSR count). The quantitative estimate of drug-likeness (QED) is 0.384. The van der Waals surface area contributed by atoms with Crippen molar-refractivity contribution in [3.63, 3.8) is 0 Å². The molecule has 3 unspecified atom stereocenters. The highest BCUT2D eigenvalue weighted by Crippen LogP contribution is 2.15. The second-order valence-electron chi connectivity index (χ2n) is 7.81. The lowest BCUT2D eigenvalue weighted by molar-refractivity contribution is 0.0882. The maximum absolute atomic E-state index is 12.5. The Morgan fingerprint density at radius 1 is 0.971 bits per heavy atom. The highest BCUT2D eigenvalue weighted by atomic mass is 32.1. The van der Waals surface area contributed by atoms with E-state index < -0.39 is 30.4 Å². The van der Waals surface area contributed by atoms with E-state index in [9.17, 15) is 14.7 Å². The maximum atomic E-state index is 12.5. The molecule has 0 spiro atoms. The summed E-state index contributed by atoms with van der Waals surface area (Å²) in [5.41, 5.74) is 3.63. The topological polar surface area (TPSA) is 110 Å². The number of nitrogens with zero attached hydrogens (tertiary/aromatic N) is 1. The van der Waals surface area contributed by atoms with Crippen molar-refractivity contribution in [1.29, 1.82) is 0 Å². The lowest BCUT2D eigenvalue weighted by Crippen LogP contribution is -2.48. The lowest BCUT2D eigenvalue weighted by Gasteiger charge is -2.28. The van der Waals surface area contributed by atoms with Gasteiger partial charge in [-0.2, -0.15) is 0 Å². The number of aromatic nitrogens is 1. The van der Waals surface area contributed by atoms with Crippen molar-refractivity contribution in [2.75, 3.05) is 7.11 Å². The molecule has 3 aromatic rings. The fourth-order valence-electron chi connectivity index (χ4n) is 3.57. The van der Waals surface area contributed by atoms with Crippen molar-refractivity contribution in [2.24, 2.45) is 0 Å². The summed E-state index contributed by atoms with van der Waals surface area (Å²) in [5, 5.41) is 16.7. The maximum Gasteiger partial charge on any atom is 0.407 e. The Kier molecular flexibility index (Phi) is 9.87. The smallest absolute Gasteiger partial charge is 0.407 e. The predicted molar refractivity (Wildman–Crippen MR) is 129 cm³/mol. The Morgan fingerprint density at radius 3 is 2.21 bits per heavy atom. The summed E-state index contributed by atoms with van der Waals surface area (Å²) in [7, 11) is 1.30. The molecule has 0 fully saturated rings. The van der Waals surface area contributed by atoms with Gasteiger partial charge in [0.05, 0.1) is 29.6 Å². The van der Waals surface area contributed by atoms with Crippen molar-refractivity contribution in [1.82, 2.24) is 15.6 Å². The summed E-state index contributed by atoms with van der Waals surface area (Å²) in [4.78, 5) is 29.2. The van der Waals surface area contributed by atoms with Crippen molar-refractivity contribution in [3.05, 3.63) is 88.4 Å². The molecule has 9 heteroatoms. The number of amides is 2. The van der Waals surface area contributed by atoms with Crippen LogP contribution in [0.5, 0.6) is 0 Å².